The number of alkyl halides is 2. The molecule has 1 aromatic rings. The fraction of sp³-hybridized carbons (Fsp3) is 0.500. The molecule has 3 heterocycles. The third kappa shape index (κ3) is 5.66. The molecule has 0 unspecified atom stereocenters. The van der Waals surface area contributed by atoms with Crippen LogP contribution in [-0.2, 0) is 14.4 Å². The molecule has 3 fully saturated rings. The summed E-state index contributed by atoms with van der Waals surface area (Å²) in [5, 5.41) is 8.47. The Hall–Kier alpha value is -4.28. The molecule has 4 aliphatic rings. The first-order valence-electron chi connectivity index (χ1n) is 12.8. The number of hydrogen-bond donors (Lipinski definition) is 4. The quantitative estimate of drug-likeness (QED) is 0.376. The number of nitrogens with zero attached hydrogens (tertiary/aromatic N) is 4. The molecule has 222 valence electrons. The summed E-state index contributed by atoms with van der Waals surface area (Å²) in [6, 6.07) is 0.443. The Balaban J connectivity index is 1.21. The van der Waals surface area contributed by atoms with Crippen LogP contribution >= 0.6 is 0 Å². The number of guanidine groups is 1. The van der Waals surface area contributed by atoms with Crippen molar-refractivity contribution in [2.75, 3.05) is 49.1 Å². The van der Waals surface area contributed by atoms with E-state index in [1.807, 2.05) is 6.92 Å². The third-order valence-electron chi connectivity index (χ3n) is 7.23. The molecule has 2 atom stereocenters. The van der Waals surface area contributed by atoms with Gasteiger partial charge in [-0.05, 0) is 12.0 Å². The molecule has 5 N–H and O–H groups in total. The van der Waals surface area contributed by atoms with Crippen LogP contribution in [0.25, 0.3) is 0 Å². The van der Waals surface area contributed by atoms with E-state index in [0.717, 1.165) is 27.7 Å². The lowest BCUT2D eigenvalue weighted by atomic mass is 10.2. The Kier molecular flexibility index (Phi) is 7.54. The zero-order valence-electron chi connectivity index (χ0n) is 21.9. The first-order valence-corrected chi connectivity index (χ1v) is 12.8. The van der Waals surface area contributed by atoms with Gasteiger partial charge in [0.15, 0.2) is 17.2 Å². The number of carbonyl (C=O) groups excluding carboxylic acids is 3. The van der Waals surface area contributed by atoms with Gasteiger partial charge < -0.3 is 26.0 Å². The number of amides is 4. The first kappa shape index (κ1) is 28.3. The first-order chi connectivity index (χ1) is 19.5. The highest BCUT2D eigenvalue weighted by Gasteiger charge is 2.64. The van der Waals surface area contributed by atoms with E-state index in [2.05, 4.69) is 20.9 Å². The largest absolute Gasteiger partial charge is 0.438 e. The third-order valence-corrected chi connectivity index (χ3v) is 7.23. The maximum atomic E-state index is 15.2. The lowest BCUT2D eigenvalue weighted by Crippen LogP contribution is -2.50. The van der Waals surface area contributed by atoms with Crippen LogP contribution in [0.15, 0.2) is 28.5 Å². The van der Waals surface area contributed by atoms with E-state index in [1.54, 1.807) is 0 Å². The summed E-state index contributed by atoms with van der Waals surface area (Å²) in [5.74, 6) is -2.88. The summed E-state index contributed by atoms with van der Waals surface area (Å²) in [6.45, 7) is 2.04. The zero-order valence-corrected chi connectivity index (χ0v) is 21.9. The number of urea groups is 1. The molecule has 5 rings (SSSR count). The highest BCUT2D eigenvalue weighted by Crippen LogP contribution is 2.46. The van der Waals surface area contributed by atoms with Crippen molar-refractivity contribution in [1.82, 2.24) is 21.0 Å². The van der Waals surface area contributed by atoms with Crippen molar-refractivity contribution in [3.63, 3.8) is 0 Å². The molecule has 1 aliphatic carbocycles. The molecule has 4 amide bonds. The van der Waals surface area contributed by atoms with Crippen LogP contribution in [0, 0.1) is 11.6 Å². The summed E-state index contributed by atoms with van der Waals surface area (Å²) in [4.78, 5) is 48.5. The second-order valence-electron chi connectivity index (χ2n) is 9.86. The summed E-state index contributed by atoms with van der Waals surface area (Å²) in [7, 11) is 0. The number of halogens is 4. The summed E-state index contributed by atoms with van der Waals surface area (Å²) in [5.41, 5.74) is 5.07. The van der Waals surface area contributed by atoms with E-state index < -0.39 is 47.7 Å². The molecule has 1 spiro atoms. The molecular weight excluding hydrogens is 556 g/mol. The van der Waals surface area contributed by atoms with Gasteiger partial charge in [-0.25, -0.2) is 28.4 Å². The molecule has 1 aromatic carbocycles. The monoisotopic (exact) mass is 584 g/mol. The number of rotatable bonds is 5. The van der Waals surface area contributed by atoms with Crippen LogP contribution in [0.4, 0.5) is 38.5 Å². The van der Waals surface area contributed by atoms with Crippen molar-refractivity contribution in [1.29, 1.82) is 0 Å². The van der Waals surface area contributed by atoms with Crippen LogP contribution in [0.2, 0.25) is 0 Å². The molecule has 17 heteroatoms. The van der Waals surface area contributed by atoms with Crippen molar-refractivity contribution in [3.8, 4) is 0 Å². The SMILES string of the molecule is CCC1=C(N)NC(NC(=O)N2CCN(c3c(F)cc(N4C[C@]5(C[C@@H]5NC(=O)C(F)F)OC4=O)cc3F)CCO2)=NC1. The molecular formula is C24H28F4N8O5. The fourth-order valence-corrected chi connectivity index (χ4v) is 4.88. The van der Waals surface area contributed by atoms with Gasteiger partial charge in [-0.15, -0.1) is 0 Å². The second kappa shape index (κ2) is 10.9. The van der Waals surface area contributed by atoms with Crippen molar-refractivity contribution in [3.05, 3.63) is 35.2 Å². The number of nitrogens with two attached hydrogens (primary N) is 1. The molecule has 1 saturated carbocycles. The van der Waals surface area contributed by atoms with E-state index in [-0.39, 0.29) is 56.5 Å². The number of benzene rings is 1. The van der Waals surface area contributed by atoms with Crippen LogP contribution < -0.4 is 31.5 Å². The Morgan fingerprint density at radius 3 is 2.63 bits per heavy atom. The van der Waals surface area contributed by atoms with Crippen molar-refractivity contribution in [2.24, 2.45) is 10.7 Å². The Morgan fingerprint density at radius 2 is 1.98 bits per heavy atom. The van der Waals surface area contributed by atoms with E-state index in [0.29, 0.717) is 18.8 Å². The standard InChI is InChI=1S/C24H28F4N8O5/c1-2-12-10-30-21(32-19(12)29)33-22(38)36-4-3-34(5-6-40-36)17-14(25)7-13(8-15(17)26)35-11-24(41-23(35)39)9-16(24)31-20(37)18(27)28/h7-8,16,18H,2-6,9-11,29H2,1H3,(H,31,37)(H2,30,32,33,38)/t16-,24-/m0/s1. The average molecular weight is 585 g/mol. The lowest BCUT2D eigenvalue weighted by Gasteiger charge is -2.25. The van der Waals surface area contributed by atoms with Crippen LogP contribution in [-0.4, -0.2) is 86.5 Å². The minimum atomic E-state index is -3.23. The molecule has 0 radical (unpaired) electrons. The van der Waals surface area contributed by atoms with Gasteiger partial charge in [0.25, 0.3) is 5.91 Å². The summed E-state index contributed by atoms with van der Waals surface area (Å²) in [6.07, 6.45) is -3.34. The van der Waals surface area contributed by atoms with E-state index in [9.17, 15) is 23.2 Å². The number of carbonyl (C=O) groups is 3. The van der Waals surface area contributed by atoms with E-state index in [4.69, 9.17) is 15.3 Å². The molecule has 0 aromatic heterocycles. The van der Waals surface area contributed by atoms with Crippen LogP contribution in [0.5, 0.6) is 0 Å². The van der Waals surface area contributed by atoms with Crippen molar-refractivity contribution in [2.45, 2.75) is 37.8 Å². The minimum absolute atomic E-state index is 0.0168. The van der Waals surface area contributed by atoms with Crippen LogP contribution in [0.1, 0.15) is 19.8 Å². The van der Waals surface area contributed by atoms with Gasteiger partial charge in [0.05, 0.1) is 38.0 Å². The minimum Gasteiger partial charge on any atom is -0.438 e. The maximum Gasteiger partial charge on any atom is 0.415 e. The zero-order chi connectivity index (χ0) is 29.5. The van der Waals surface area contributed by atoms with Crippen LogP contribution in [0.3, 0.4) is 0 Å². The highest BCUT2D eigenvalue weighted by molar-refractivity contribution is 5.97. The smallest absolute Gasteiger partial charge is 0.415 e. The predicted molar refractivity (Wildman–Crippen MR) is 136 cm³/mol. The maximum absolute atomic E-state index is 15.2. The number of hydroxylamine groups is 2. The van der Waals surface area contributed by atoms with E-state index >= 15 is 8.78 Å². The van der Waals surface area contributed by atoms with Gasteiger partial charge in [-0.2, -0.15) is 8.78 Å². The van der Waals surface area contributed by atoms with Gasteiger partial charge in [0.1, 0.15) is 11.5 Å². The Bertz CT molecular complexity index is 1300. The molecule has 2 saturated heterocycles. The normalized spacial score (nSPS) is 24.2. The number of ether oxygens (including phenoxy) is 1. The number of aliphatic imine (C=N–C) groups is 1. The topological polar surface area (TPSA) is 154 Å². The van der Waals surface area contributed by atoms with E-state index in [1.165, 1.54) is 4.90 Å². The van der Waals surface area contributed by atoms with Gasteiger partial charge in [-0.3, -0.25) is 19.8 Å². The Morgan fingerprint density at radius 1 is 1.24 bits per heavy atom. The highest BCUT2D eigenvalue weighted by atomic mass is 19.3. The Labute approximate surface area is 231 Å². The predicted octanol–water partition coefficient (Wildman–Crippen LogP) is 1.12. The van der Waals surface area contributed by atoms with Gasteiger partial charge in [0, 0.05) is 31.6 Å². The van der Waals surface area contributed by atoms with Gasteiger partial charge in [-0.1, -0.05) is 6.92 Å². The molecule has 13 nitrogen and oxygen atoms in total. The fourth-order valence-electron chi connectivity index (χ4n) is 4.88. The van der Waals surface area contributed by atoms with Gasteiger partial charge in [0.2, 0.25) is 5.96 Å². The molecule has 0 bridgehead atoms. The molecule has 3 aliphatic heterocycles. The summed E-state index contributed by atoms with van der Waals surface area (Å²) < 4.78 is 60.8. The number of nitrogens with one attached hydrogen (secondary N) is 3. The number of anilines is 2. The lowest BCUT2D eigenvalue weighted by molar-refractivity contribution is -0.132. The van der Waals surface area contributed by atoms with Crippen molar-refractivity contribution < 1.29 is 41.5 Å². The average Bonchev–Trinajstić information content (AvgIpc) is 3.54. The second-order valence-corrected chi connectivity index (χ2v) is 9.86. The number of hydrogen-bond acceptors (Lipinski definition) is 9. The van der Waals surface area contributed by atoms with Gasteiger partial charge >= 0.3 is 18.5 Å². The molecule has 41 heavy (non-hydrogen) atoms. The van der Waals surface area contributed by atoms with Crippen molar-refractivity contribution >= 4 is 35.4 Å². The summed E-state index contributed by atoms with van der Waals surface area (Å²) >= 11 is 0.